The fraction of sp³-hybridized carbons (Fsp3) is 0.357. The summed E-state index contributed by atoms with van der Waals surface area (Å²) in [6.45, 7) is 1.44. The molecule has 1 aromatic carbocycles. The SMILES string of the molecule is CC(=O)c1cccc(NC(=O)CC(C(=O)O)N(C)C)c1. The number of aliphatic carboxylic acids is 1. The summed E-state index contributed by atoms with van der Waals surface area (Å²) < 4.78 is 0. The zero-order valence-electron chi connectivity index (χ0n) is 11.7. The minimum atomic E-state index is -1.05. The van der Waals surface area contributed by atoms with Crippen LogP contribution in [0.5, 0.6) is 0 Å². The van der Waals surface area contributed by atoms with Crippen LogP contribution in [-0.4, -0.2) is 47.8 Å². The molecule has 0 radical (unpaired) electrons. The summed E-state index contributed by atoms with van der Waals surface area (Å²) in [5.41, 5.74) is 0.968. The first-order valence-electron chi connectivity index (χ1n) is 6.11. The maximum Gasteiger partial charge on any atom is 0.321 e. The lowest BCUT2D eigenvalue weighted by molar-refractivity contribution is -0.144. The Morgan fingerprint density at radius 1 is 1.30 bits per heavy atom. The molecular weight excluding hydrogens is 260 g/mol. The van der Waals surface area contributed by atoms with E-state index in [-0.39, 0.29) is 12.2 Å². The summed E-state index contributed by atoms with van der Waals surface area (Å²) in [6.07, 6.45) is -0.160. The zero-order valence-corrected chi connectivity index (χ0v) is 11.7. The smallest absolute Gasteiger partial charge is 0.321 e. The number of carboxylic acids is 1. The van der Waals surface area contributed by atoms with Crippen LogP contribution in [-0.2, 0) is 9.59 Å². The van der Waals surface area contributed by atoms with Crippen LogP contribution >= 0.6 is 0 Å². The van der Waals surface area contributed by atoms with Crippen LogP contribution in [0.4, 0.5) is 5.69 Å². The van der Waals surface area contributed by atoms with Crippen molar-refractivity contribution in [1.29, 1.82) is 0 Å². The Morgan fingerprint density at radius 3 is 2.45 bits per heavy atom. The van der Waals surface area contributed by atoms with Gasteiger partial charge in [0.1, 0.15) is 6.04 Å². The highest BCUT2D eigenvalue weighted by molar-refractivity contribution is 5.98. The van der Waals surface area contributed by atoms with E-state index >= 15 is 0 Å². The summed E-state index contributed by atoms with van der Waals surface area (Å²) in [6, 6.07) is 5.64. The highest BCUT2D eigenvalue weighted by Gasteiger charge is 2.23. The Labute approximate surface area is 117 Å². The summed E-state index contributed by atoms with van der Waals surface area (Å²) in [5.74, 6) is -1.56. The van der Waals surface area contributed by atoms with E-state index in [2.05, 4.69) is 5.32 Å². The Bertz CT molecular complexity index is 526. The van der Waals surface area contributed by atoms with Crippen LogP contribution in [0.2, 0.25) is 0 Å². The van der Waals surface area contributed by atoms with E-state index in [1.807, 2.05) is 0 Å². The standard InChI is InChI=1S/C14H18N2O4/c1-9(17)10-5-4-6-11(7-10)15-13(18)8-12(14(19)20)16(2)3/h4-7,12H,8H2,1-3H3,(H,15,18)(H,19,20). The molecule has 0 saturated heterocycles. The molecule has 20 heavy (non-hydrogen) atoms. The fourth-order valence-corrected chi connectivity index (χ4v) is 1.69. The number of hydrogen-bond donors (Lipinski definition) is 2. The summed E-state index contributed by atoms with van der Waals surface area (Å²) in [7, 11) is 3.20. The van der Waals surface area contributed by atoms with E-state index in [1.54, 1.807) is 38.4 Å². The van der Waals surface area contributed by atoms with Crippen LogP contribution in [0.15, 0.2) is 24.3 Å². The van der Waals surface area contributed by atoms with Crippen molar-refractivity contribution >= 4 is 23.3 Å². The number of rotatable bonds is 6. The highest BCUT2D eigenvalue weighted by atomic mass is 16.4. The first-order valence-corrected chi connectivity index (χ1v) is 6.11. The third-order valence-electron chi connectivity index (χ3n) is 2.84. The molecule has 1 unspecified atom stereocenters. The van der Waals surface area contributed by atoms with Gasteiger partial charge in [-0.1, -0.05) is 12.1 Å². The molecule has 0 heterocycles. The van der Waals surface area contributed by atoms with Crippen molar-refractivity contribution in [3.05, 3.63) is 29.8 Å². The minimum Gasteiger partial charge on any atom is -0.480 e. The van der Waals surface area contributed by atoms with Gasteiger partial charge in [-0.3, -0.25) is 19.3 Å². The zero-order chi connectivity index (χ0) is 15.3. The molecule has 0 aliphatic heterocycles. The molecule has 6 heteroatoms. The van der Waals surface area contributed by atoms with Gasteiger partial charge in [0.05, 0.1) is 6.42 Å². The fourth-order valence-electron chi connectivity index (χ4n) is 1.69. The average Bonchev–Trinajstić information content (AvgIpc) is 2.35. The summed E-state index contributed by atoms with van der Waals surface area (Å²) in [4.78, 5) is 35.5. The summed E-state index contributed by atoms with van der Waals surface area (Å²) in [5, 5.41) is 11.6. The van der Waals surface area contributed by atoms with Crippen molar-refractivity contribution in [3.63, 3.8) is 0 Å². The van der Waals surface area contributed by atoms with Gasteiger partial charge in [0.25, 0.3) is 0 Å². The van der Waals surface area contributed by atoms with Gasteiger partial charge >= 0.3 is 5.97 Å². The van der Waals surface area contributed by atoms with Crippen LogP contribution in [0.25, 0.3) is 0 Å². The monoisotopic (exact) mass is 278 g/mol. The van der Waals surface area contributed by atoms with E-state index < -0.39 is 17.9 Å². The van der Waals surface area contributed by atoms with Crippen LogP contribution in [0.1, 0.15) is 23.7 Å². The van der Waals surface area contributed by atoms with Crippen molar-refractivity contribution < 1.29 is 19.5 Å². The van der Waals surface area contributed by atoms with E-state index in [4.69, 9.17) is 5.11 Å². The van der Waals surface area contributed by atoms with Crippen molar-refractivity contribution in [1.82, 2.24) is 4.90 Å². The molecule has 2 N–H and O–H groups in total. The van der Waals surface area contributed by atoms with E-state index in [0.717, 1.165) is 0 Å². The molecule has 0 spiro atoms. The number of benzene rings is 1. The number of carboxylic acid groups (broad SMARTS) is 1. The molecule has 1 atom stereocenters. The lowest BCUT2D eigenvalue weighted by Crippen LogP contribution is -2.38. The van der Waals surface area contributed by atoms with E-state index in [9.17, 15) is 14.4 Å². The second-order valence-corrected chi connectivity index (χ2v) is 4.71. The number of hydrogen-bond acceptors (Lipinski definition) is 4. The summed E-state index contributed by atoms with van der Waals surface area (Å²) >= 11 is 0. The third-order valence-corrected chi connectivity index (χ3v) is 2.84. The van der Waals surface area contributed by atoms with Crippen LogP contribution < -0.4 is 5.32 Å². The van der Waals surface area contributed by atoms with Crippen molar-refractivity contribution in [2.45, 2.75) is 19.4 Å². The third kappa shape index (κ3) is 4.47. The van der Waals surface area contributed by atoms with Crippen molar-refractivity contribution in [3.8, 4) is 0 Å². The number of amides is 1. The van der Waals surface area contributed by atoms with Crippen LogP contribution in [0, 0.1) is 0 Å². The molecule has 0 bridgehead atoms. The van der Waals surface area contributed by atoms with Gasteiger partial charge in [-0.15, -0.1) is 0 Å². The van der Waals surface area contributed by atoms with Gasteiger partial charge in [0.15, 0.2) is 5.78 Å². The number of nitrogens with one attached hydrogen (secondary N) is 1. The number of nitrogens with zero attached hydrogens (tertiary/aromatic N) is 1. The van der Waals surface area contributed by atoms with Crippen molar-refractivity contribution in [2.24, 2.45) is 0 Å². The van der Waals surface area contributed by atoms with E-state index in [0.29, 0.717) is 11.3 Å². The molecular formula is C14H18N2O4. The second kappa shape index (κ2) is 6.81. The largest absolute Gasteiger partial charge is 0.480 e. The average molecular weight is 278 g/mol. The molecule has 0 aromatic heterocycles. The highest BCUT2D eigenvalue weighted by Crippen LogP contribution is 2.12. The molecule has 1 aromatic rings. The topological polar surface area (TPSA) is 86.7 Å². The number of likely N-dealkylation sites (N-methyl/N-ethyl adjacent to an activating group) is 1. The van der Waals surface area contributed by atoms with E-state index in [1.165, 1.54) is 11.8 Å². The predicted octanol–water partition coefficient (Wildman–Crippen LogP) is 1.23. The quantitative estimate of drug-likeness (QED) is 0.764. The minimum absolute atomic E-state index is 0.0993. The normalized spacial score (nSPS) is 12.0. The first-order chi connectivity index (χ1) is 9.31. The Hall–Kier alpha value is -2.21. The number of ketones is 1. The Morgan fingerprint density at radius 2 is 1.95 bits per heavy atom. The molecule has 108 valence electrons. The molecule has 0 saturated carbocycles. The van der Waals surface area contributed by atoms with Gasteiger partial charge in [-0.2, -0.15) is 0 Å². The first kappa shape index (κ1) is 15.8. The van der Waals surface area contributed by atoms with Gasteiger partial charge < -0.3 is 10.4 Å². The molecule has 1 amide bonds. The maximum atomic E-state index is 11.8. The molecule has 0 fully saturated rings. The Balaban J connectivity index is 2.73. The number of carbonyl (C=O) groups is 3. The number of Topliss-reactive ketones (excluding diaryl/α,β-unsaturated/α-hetero) is 1. The predicted molar refractivity (Wildman–Crippen MR) is 74.8 cm³/mol. The van der Waals surface area contributed by atoms with Gasteiger partial charge in [0.2, 0.25) is 5.91 Å². The van der Waals surface area contributed by atoms with Gasteiger partial charge in [-0.25, -0.2) is 0 Å². The number of carbonyl (C=O) groups excluding carboxylic acids is 2. The number of anilines is 1. The molecule has 6 nitrogen and oxygen atoms in total. The molecule has 0 aliphatic carbocycles. The lowest BCUT2D eigenvalue weighted by Gasteiger charge is -2.19. The maximum absolute atomic E-state index is 11.8. The van der Waals surface area contributed by atoms with Gasteiger partial charge in [-0.05, 0) is 33.2 Å². The molecule has 0 aliphatic rings. The second-order valence-electron chi connectivity index (χ2n) is 4.71. The van der Waals surface area contributed by atoms with Crippen molar-refractivity contribution in [2.75, 3.05) is 19.4 Å². The van der Waals surface area contributed by atoms with Crippen LogP contribution in [0.3, 0.4) is 0 Å². The molecule has 1 rings (SSSR count). The lowest BCUT2D eigenvalue weighted by atomic mass is 10.1. The Kier molecular flexibility index (Phi) is 5.40. The van der Waals surface area contributed by atoms with Gasteiger partial charge in [0, 0.05) is 11.3 Å².